The minimum Gasteiger partial charge on any atom is -0.352 e. The Balaban J connectivity index is 1.74. The highest BCUT2D eigenvalue weighted by atomic mass is 32.1. The summed E-state index contributed by atoms with van der Waals surface area (Å²) in [6.07, 6.45) is 1.85. The van der Waals surface area contributed by atoms with Crippen molar-refractivity contribution >= 4 is 28.7 Å². The summed E-state index contributed by atoms with van der Waals surface area (Å²) >= 11 is 7.50. The van der Waals surface area contributed by atoms with Crippen LogP contribution in [0.15, 0.2) is 66.2 Å². The molecule has 2 aromatic heterocycles. The Morgan fingerprint density at radius 3 is 2.60 bits per heavy atom. The van der Waals surface area contributed by atoms with Crippen molar-refractivity contribution in [3.8, 4) is 0 Å². The van der Waals surface area contributed by atoms with Crippen molar-refractivity contribution in [3.63, 3.8) is 0 Å². The topological polar surface area (TPSA) is 28.2 Å². The molecule has 3 nitrogen and oxygen atoms in total. The van der Waals surface area contributed by atoms with Gasteiger partial charge in [0, 0.05) is 17.6 Å². The van der Waals surface area contributed by atoms with Crippen molar-refractivity contribution < 1.29 is 0 Å². The second-order valence-corrected chi connectivity index (χ2v) is 7.54. The van der Waals surface area contributed by atoms with Crippen LogP contribution in [-0.2, 0) is 6.54 Å². The third-order valence-corrected chi connectivity index (χ3v) is 6.01. The molecule has 1 aliphatic heterocycles. The number of thiophene rings is 1. The van der Waals surface area contributed by atoms with Gasteiger partial charge in [-0.1, -0.05) is 36.4 Å². The lowest BCUT2D eigenvalue weighted by Gasteiger charge is -2.27. The molecule has 1 N–H and O–H groups in total. The zero-order valence-electron chi connectivity index (χ0n) is 13.9. The van der Waals surface area contributed by atoms with E-state index in [0.717, 1.165) is 17.4 Å². The third kappa shape index (κ3) is 3.17. The lowest BCUT2D eigenvalue weighted by molar-refractivity contribution is 0.315. The van der Waals surface area contributed by atoms with Crippen LogP contribution in [0.1, 0.15) is 33.8 Å². The Labute approximate surface area is 157 Å². The quantitative estimate of drug-likeness (QED) is 0.683. The summed E-state index contributed by atoms with van der Waals surface area (Å²) in [4.78, 5) is 8.22. The minimum absolute atomic E-state index is 0.0646. The van der Waals surface area contributed by atoms with Gasteiger partial charge in [-0.05, 0) is 53.8 Å². The third-order valence-electron chi connectivity index (χ3n) is 4.56. The number of nitrogens with zero attached hydrogens (tertiary/aromatic N) is 2. The van der Waals surface area contributed by atoms with Crippen LogP contribution in [0.4, 0.5) is 0 Å². The number of aryl methyl sites for hydroxylation is 1. The molecule has 3 aromatic rings. The molecule has 25 heavy (non-hydrogen) atoms. The molecule has 0 unspecified atom stereocenters. The first-order valence-electron chi connectivity index (χ1n) is 8.30. The van der Waals surface area contributed by atoms with Gasteiger partial charge < -0.3 is 10.2 Å². The van der Waals surface area contributed by atoms with Crippen LogP contribution in [0.25, 0.3) is 0 Å². The first kappa shape index (κ1) is 16.2. The lowest BCUT2D eigenvalue weighted by atomic mass is 10.0. The van der Waals surface area contributed by atoms with Crippen LogP contribution in [-0.4, -0.2) is 15.0 Å². The molecule has 0 spiro atoms. The van der Waals surface area contributed by atoms with Crippen LogP contribution in [0.2, 0.25) is 0 Å². The Hall–Kier alpha value is -2.24. The van der Waals surface area contributed by atoms with E-state index in [-0.39, 0.29) is 12.1 Å². The highest BCUT2D eigenvalue weighted by molar-refractivity contribution is 7.80. The van der Waals surface area contributed by atoms with E-state index in [1.807, 2.05) is 24.4 Å². The zero-order valence-corrected chi connectivity index (χ0v) is 15.6. The maximum atomic E-state index is 5.70. The Bertz CT molecular complexity index is 861. The van der Waals surface area contributed by atoms with Crippen molar-refractivity contribution in [3.05, 3.63) is 87.9 Å². The molecule has 0 radical (unpaired) electrons. The number of aromatic nitrogens is 1. The number of hydrogen-bond donors (Lipinski definition) is 1. The molecular formula is C20H19N3S2. The van der Waals surface area contributed by atoms with Gasteiger partial charge in [-0.25, -0.2) is 0 Å². The van der Waals surface area contributed by atoms with Crippen molar-refractivity contribution in [1.29, 1.82) is 0 Å². The van der Waals surface area contributed by atoms with Gasteiger partial charge in [0.05, 0.1) is 17.8 Å². The van der Waals surface area contributed by atoms with E-state index in [0.29, 0.717) is 0 Å². The Morgan fingerprint density at radius 2 is 1.92 bits per heavy atom. The molecule has 2 atom stereocenters. The van der Waals surface area contributed by atoms with E-state index in [2.05, 4.69) is 63.9 Å². The van der Waals surface area contributed by atoms with E-state index in [4.69, 9.17) is 12.2 Å². The van der Waals surface area contributed by atoms with Gasteiger partial charge in [0.15, 0.2) is 5.11 Å². The van der Waals surface area contributed by atoms with E-state index in [1.165, 1.54) is 16.0 Å². The van der Waals surface area contributed by atoms with E-state index < -0.39 is 0 Å². The summed E-state index contributed by atoms with van der Waals surface area (Å²) in [5.74, 6) is 0. The van der Waals surface area contributed by atoms with Crippen LogP contribution < -0.4 is 5.32 Å². The van der Waals surface area contributed by atoms with Crippen LogP contribution >= 0.6 is 23.6 Å². The normalized spacial score (nSPS) is 19.9. The average molecular weight is 366 g/mol. The monoisotopic (exact) mass is 365 g/mol. The second-order valence-electron chi connectivity index (χ2n) is 6.21. The molecule has 1 fully saturated rings. The first-order chi connectivity index (χ1) is 12.2. The number of rotatable bonds is 4. The van der Waals surface area contributed by atoms with Crippen LogP contribution in [0.3, 0.4) is 0 Å². The number of nitrogens with one attached hydrogen (secondary N) is 1. The Morgan fingerprint density at radius 1 is 1.12 bits per heavy atom. The average Bonchev–Trinajstić information content (AvgIpc) is 3.20. The summed E-state index contributed by atoms with van der Waals surface area (Å²) in [7, 11) is 0. The van der Waals surface area contributed by atoms with Crippen LogP contribution in [0.5, 0.6) is 0 Å². The molecule has 4 rings (SSSR count). The standard InChI is InChI=1S/C20H19N3S2/c1-14-10-12-25-19(14)18-17(16-9-5-6-11-21-16)22-20(24)23(18)13-15-7-3-2-4-8-15/h2-12,17-18H,13H2,1H3,(H,22,24)/t17-,18+/m0/s1. The van der Waals surface area contributed by atoms with Gasteiger partial charge in [0.1, 0.15) is 0 Å². The summed E-state index contributed by atoms with van der Waals surface area (Å²) < 4.78 is 0. The number of thiocarbonyl (C=S) groups is 1. The fraction of sp³-hybridized carbons (Fsp3) is 0.200. The van der Waals surface area contributed by atoms with Crippen molar-refractivity contribution in [2.45, 2.75) is 25.6 Å². The summed E-state index contributed by atoms with van der Waals surface area (Å²) in [6, 6.07) is 18.9. The summed E-state index contributed by atoms with van der Waals surface area (Å²) in [5, 5.41) is 6.45. The lowest BCUT2D eigenvalue weighted by Crippen LogP contribution is -2.29. The van der Waals surface area contributed by atoms with Crippen molar-refractivity contribution in [1.82, 2.24) is 15.2 Å². The van der Waals surface area contributed by atoms with Gasteiger partial charge in [-0.2, -0.15) is 0 Å². The molecule has 126 valence electrons. The first-order valence-corrected chi connectivity index (χ1v) is 9.59. The van der Waals surface area contributed by atoms with Crippen molar-refractivity contribution in [2.24, 2.45) is 0 Å². The zero-order chi connectivity index (χ0) is 17.2. The Kier molecular flexibility index (Phi) is 4.51. The highest BCUT2D eigenvalue weighted by Crippen LogP contribution is 2.42. The molecule has 0 saturated carbocycles. The molecule has 1 saturated heterocycles. The molecule has 3 heterocycles. The number of benzene rings is 1. The van der Waals surface area contributed by atoms with Gasteiger partial charge in [-0.15, -0.1) is 11.3 Å². The molecule has 0 amide bonds. The molecule has 1 aliphatic rings. The van der Waals surface area contributed by atoms with Gasteiger partial charge in [0.25, 0.3) is 0 Å². The van der Waals surface area contributed by atoms with E-state index >= 15 is 0 Å². The van der Waals surface area contributed by atoms with Crippen LogP contribution in [0, 0.1) is 6.92 Å². The highest BCUT2D eigenvalue weighted by Gasteiger charge is 2.40. The smallest absolute Gasteiger partial charge is 0.170 e. The SMILES string of the molecule is Cc1ccsc1[C@H]1[C@H](c2ccccn2)NC(=S)N1Cc1ccccc1. The number of hydrogen-bond acceptors (Lipinski definition) is 3. The largest absolute Gasteiger partial charge is 0.352 e. The van der Waals surface area contributed by atoms with Crippen molar-refractivity contribution in [2.75, 3.05) is 0 Å². The van der Waals surface area contributed by atoms with Gasteiger partial charge >= 0.3 is 0 Å². The second kappa shape index (κ2) is 6.94. The molecule has 5 heteroatoms. The summed E-state index contributed by atoms with van der Waals surface area (Å²) in [6.45, 7) is 2.96. The minimum atomic E-state index is 0.0646. The summed E-state index contributed by atoms with van der Waals surface area (Å²) in [5.41, 5.74) is 3.59. The van der Waals surface area contributed by atoms with Gasteiger partial charge in [0.2, 0.25) is 0 Å². The predicted molar refractivity (Wildman–Crippen MR) is 106 cm³/mol. The fourth-order valence-electron chi connectivity index (χ4n) is 3.33. The van der Waals surface area contributed by atoms with Gasteiger partial charge in [-0.3, -0.25) is 4.98 Å². The maximum absolute atomic E-state index is 5.70. The molecule has 0 aliphatic carbocycles. The molecule has 0 bridgehead atoms. The predicted octanol–water partition coefficient (Wildman–Crippen LogP) is 4.62. The maximum Gasteiger partial charge on any atom is 0.170 e. The number of pyridine rings is 1. The molecular weight excluding hydrogens is 346 g/mol. The fourth-order valence-corrected chi connectivity index (χ4v) is 4.71. The molecule has 1 aromatic carbocycles. The van der Waals surface area contributed by atoms with E-state index in [9.17, 15) is 0 Å². The van der Waals surface area contributed by atoms with E-state index in [1.54, 1.807) is 11.3 Å².